The number of hydrogen-bond acceptors (Lipinski definition) is 4. The molecule has 0 radical (unpaired) electrons. The number of hydrogen-bond donors (Lipinski definition) is 2. The number of nitrogens with zero attached hydrogens (tertiary/aromatic N) is 3. The van der Waals surface area contributed by atoms with Gasteiger partial charge in [-0.3, -0.25) is 14.7 Å². The summed E-state index contributed by atoms with van der Waals surface area (Å²) in [5.41, 5.74) is 5.09. The Morgan fingerprint density at radius 3 is 2.77 bits per heavy atom. The van der Waals surface area contributed by atoms with Gasteiger partial charge in [-0.05, 0) is 24.6 Å². The molecule has 112 valence electrons. The van der Waals surface area contributed by atoms with Crippen molar-refractivity contribution in [1.82, 2.24) is 20.2 Å². The van der Waals surface area contributed by atoms with Crippen molar-refractivity contribution in [3.63, 3.8) is 0 Å². The van der Waals surface area contributed by atoms with Gasteiger partial charge in [0.05, 0.1) is 11.7 Å². The average molecular weight is 296 g/mol. The molecule has 1 aromatic carbocycles. The topological polar surface area (TPSA) is 80.0 Å². The predicted molar refractivity (Wildman–Crippen MR) is 81.4 cm³/mol. The van der Waals surface area contributed by atoms with Gasteiger partial charge in [-0.2, -0.15) is 5.10 Å². The molecule has 2 heterocycles. The number of benzene rings is 1. The molecule has 22 heavy (non-hydrogen) atoms. The average Bonchev–Trinajstić information content (AvgIpc) is 2.95. The van der Waals surface area contributed by atoms with Crippen LogP contribution in [0.3, 0.4) is 0 Å². The van der Waals surface area contributed by atoms with E-state index < -0.39 is 11.9 Å². The number of fused-ring (bicyclic) bond motifs is 1. The molecule has 6 heteroatoms. The summed E-state index contributed by atoms with van der Waals surface area (Å²) in [4.78, 5) is 16.5. The third-order valence-corrected chi connectivity index (χ3v) is 3.57. The molecule has 0 spiro atoms. The highest BCUT2D eigenvalue weighted by atomic mass is 16.5. The molecule has 1 unspecified atom stereocenters. The van der Waals surface area contributed by atoms with Gasteiger partial charge in [-0.15, -0.1) is 0 Å². The van der Waals surface area contributed by atoms with Gasteiger partial charge in [0.2, 0.25) is 0 Å². The standard InChI is InChI=1S/C16H16N4O2/c1-11-7-8-14-13(18-11)10-17-20(14)15(16(21)19-22)9-12-5-3-2-4-6-12/h2-8,10,15,22H,9H2,1H3,(H,19,21). The molecule has 0 saturated heterocycles. The van der Waals surface area contributed by atoms with Crippen molar-refractivity contribution >= 4 is 16.9 Å². The first-order chi connectivity index (χ1) is 10.7. The Kier molecular flexibility index (Phi) is 3.84. The Labute approximate surface area is 127 Å². The van der Waals surface area contributed by atoms with Crippen LogP contribution in [0.2, 0.25) is 0 Å². The van der Waals surface area contributed by atoms with E-state index >= 15 is 0 Å². The minimum absolute atomic E-state index is 0.428. The second kappa shape index (κ2) is 5.95. The summed E-state index contributed by atoms with van der Waals surface area (Å²) < 4.78 is 1.60. The van der Waals surface area contributed by atoms with Crippen molar-refractivity contribution < 1.29 is 10.0 Å². The van der Waals surface area contributed by atoms with Gasteiger partial charge in [0, 0.05) is 12.1 Å². The molecular formula is C16H16N4O2. The van der Waals surface area contributed by atoms with Crippen molar-refractivity contribution in [2.45, 2.75) is 19.4 Å². The smallest absolute Gasteiger partial charge is 0.268 e. The first-order valence-electron chi connectivity index (χ1n) is 6.98. The van der Waals surface area contributed by atoms with Crippen LogP contribution in [0.15, 0.2) is 48.7 Å². The number of pyridine rings is 1. The third kappa shape index (κ3) is 2.68. The first kappa shape index (κ1) is 14.2. The lowest BCUT2D eigenvalue weighted by Gasteiger charge is -2.16. The minimum Gasteiger partial charge on any atom is -0.289 e. The number of hydroxylamine groups is 1. The highest BCUT2D eigenvalue weighted by Crippen LogP contribution is 2.20. The summed E-state index contributed by atoms with van der Waals surface area (Å²) in [5.74, 6) is -0.505. The van der Waals surface area contributed by atoms with Crippen LogP contribution in [0, 0.1) is 6.92 Å². The molecule has 0 saturated carbocycles. The minimum atomic E-state index is -0.644. The maximum Gasteiger partial charge on any atom is 0.268 e. The molecule has 0 aliphatic heterocycles. The molecule has 1 atom stereocenters. The Morgan fingerprint density at radius 2 is 2.05 bits per heavy atom. The Hall–Kier alpha value is -2.73. The van der Waals surface area contributed by atoms with E-state index in [9.17, 15) is 4.79 Å². The number of rotatable bonds is 4. The van der Waals surface area contributed by atoms with E-state index in [2.05, 4.69) is 10.1 Å². The van der Waals surface area contributed by atoms with Crippen molar-refractivity contribution in [2.75, 3.05) is 0 Å². The Morgan fingerprint density at radius 1 is 1.27 bits per heavy atom. The molecule has 3 rings (SSSR count). The van der Waals surface area contributed by atoms with Crippen molar-refractivity contribution in [2.24, 2.45) is 0 Å². The number of nitrogens with one attached hydrogen (secondary N) is 1. The van der Waals surface area contributed by atoms with E-state index in [0.717, 1.165) is 22.3 Å². The van der Waals surface area contributed by atoms with Crippen LogP contribution in [0.1, 0.15) is 17.3 Å². The third-order valence-electron chi connectivity index (χ3n) is 3.57. The van der Waals surface area contributed by atoms with Crippen LogP contribution in [0.4, 0.5) is 0 Å². The molecule has 0 aliphatic rings. The quantitative estimate of drug-likeness (QED) is 0.570. The second-order valence-corrected chi connectivity index (χ2v) is 5.13. The van der Waals surface area contributed by atoms with Crippen molar-refractivity contribution in [3.05, 3.63) is 59.9 Å². The fraction of sp³-hybridized carbons (Fsp3) is 0.188. The SMILES string of the molecule is Cc1ccc2c(cnn2C(Cc2ccccc2)C(=O)NO)n1. The fourth-order valence-electron chi connectivity index (χ4n) is 2.49. The molecular weight excluding hydrogens is 280 g/mol. The van der Waals surface area contributed by atoms with E-state index in [1.165, 1.54) is 0 Å². The highest BCUT2D eigenvalue weighted by Gasteiger charge is 2.23. The zero-order valence-corrected chi connectivity index (χ0v) is 12.1. The second-order valence-electron chi connectivity index (χ2n) is 5.13. The summed E-state index contributed by atoms with van der Waals surface area (Å²) in [6, 6.07) is 12.7. The van der Waals surface area contributed by atoms with Crippen LogP contribution in [-0.4, -0.2) is 25.9 Å². The molecule has 6 nitrogen and oxygen atoms in total. The summed E-state index contributed by atoms with van der Waals surface area (Å²) in [5, 5.41) is 13.3. The molecule has 0 bridgehead atoms. The van der Waals surface area contributed by atoms with Crippen LogP contribution < -0.4 is 5.48 Å². The van der Waals surface area contributed by atoms with Gasteiger partial charge in [0.15, 0.2) is 0 Å². The number of amides is 1. The Balaban J connectivity index is 2.02. The first-order valence-corrected chi connectivity index (χ1v) is 6.98. The molecule has 2 N–H and O–H groups in total. The number of aromatic nitrogens is 3. The molecule has 0 fully saturated rings. The normalized spacial score (nSPS) is 12.3. The van der Waals surface area contributed by atoms with Gasteiger partial charge in [-0.1, -0.05) is 30.3 Å². The maximum atomic E-state index is 12.1. The molecule has 2 aromatic heterocycles. The summed E-state index contributed by atoms with van der Waals surface area (Å²) in [6.07, 6.45) is 2.06. The van der Waals surface area contributed by atoms with Crippen molar-refractivity contribution in [1.29, 1.82) is 0 Å². The van der Waals surface area contributed by atoms with Crippen molar-refractivity contribution in [3.8, 4) is 0 Å². The summed E-state index contributed by atoms with van der Waals surface area (Å²) >= 11 is 0. The van der Waals surface area contributed by atoms with Gasteiger partial charge < -0.3 is 0 Å². The largest absolute Gasteiger partial charge is 0.289 e. The van der Waals surface area contributed by atoms with Gasteiger partial charge >= 0.3 is 0 Å². The highest BCUT2D eigenvalue weighted by molar-refractivity contribution is 5.82. The van der Waals surface area contributed by atoms with E-state index in [1.807, 2.05) is 49.4 Å². The van der Waals surface area contributed by atoms with Gasteiger partial charge in [-0.25, -0.2) is 10.5 Å². The number of carbonyl (C=O) groups excluding carboxylic acids is 1. The number of aryl methyl sites for hydroxylation is 1. The van der Waals surface area contributed by atoms with E-state index in [-0.39, 0.29) is 0 Å². The molecule has 3 aromatic rings. The monoisotopic (exact) mass is 296 g/mol. The van der Waals surface area contributed by atoms with Crippen LogP contribution in [0.5, 0.6) is 0 Å². The summed E-state index contributed by atoms with van der Waals surface area (Å²) in [6.45, 7) is 1.90. The van der Waals surface area contributed by atoms with Crippen LogP contribution in [-0.2, 0) is 11.2 Å². The predicted octanol–water partition coefficient (Wildman–Crippen LogP) is 2.03. The zero-order chi connectivity index (χ0) is 15.5. The van der Waals surface area contributed by atoms with Gasteiger partial charge in [0.25, 0.3) is 5.91 Å². The van der Waals surface area contributed by atoms with Crippen LogP contribution >= 0.6 is 0 Å². The fourth-order valence-corrected chi connectivity index (χ4v) is 2.49. The number of carbonyl (C=O) groups is 1. The maximum absolute atomic E-state index is 12.1. The zero-order valence-electron chi connectivity index (χ0n) is 12.1. The molecule has 0 aliphatic carbocycles. The lowest BCUT2D eigenvalue weighted by Crippen LogP contribution is -2.32. The van der Waals surface area contributed by atoms with Crippen LogP contribution in [0.25, 0.3) is 11.0 Å². The van der Waals surface area contributed by atoms with E-state index in [1.54, 1.807) is 16.4 Å². The van der Waals surface area contributed by atoms with E-state index in [4.69, 9.17) is 5.21 Å². The van der Waals surface area contributed by atoms with E-state index in [0.29, 0.717) is 6.42 Å². The lowest BCUT2D eigenvalue weighted by molar-refractivity contribution is -0.132. The van der Waals surface area contributed by atoms with Gasteiger partial charge in [0.1, 0.15) is 11.6 Å². The Bertz CT molecular complexity index is 798. The molecule has 1 amide bonds. The summed E-state index contributed by atoms with van der Waals surface area (Å²) in [7, 11) is 0. The lowest BCUT2D eigenvalue weighted by atomic mass is 10.1.